The van der Waals surface area contributed by atoms with Gasteiger partial charge in [0.15, 0.2) is 4.32 Å². The van der Waals surface area contributed by atoms with Gasteiger partial charge in [-0.3, -0.25) is 9.59 Å². The van der Waals surface area contributed by atoms with Crippen molar-refractivity contribution in [3.63, 3.8) is 0 Å². The fourth-order valence-electron chi connectivity index (χ4n) is 3.53. The van der Waals surface area contributed by atoms with E-state index >= 15 is 0 Å². The third-order valence-corrected chi connectivity index (χ3v) is 7.68. The molecule has 17 heteroatoms. The summed E-state index contributed by atoms with van der Waals surface area (Å²) < 4.78 is 93.4. The van der Waals surface area contributed by atoms with Crippen LogP contribution in [0.1, 0.15) is 26.4 Å². The lowest BCUT2D eigenvalue weighted by Gasteiger charge is -2.15. The van der Waals surface area contributed by atoms with Gasteiger partial charge >= 0.3 is 18.3 Å². The van der Waals surface area contributed by atoms with Crippen molar-refractivity contribution in [1.82, 2.24) is 10.4 Å². The molecule has 0 saturated carbocycles. The van der Waals surface area contributed by atoms with E-state index in [-0.39, 0.29) is 37.7 Å². The Morgan fingerprint density at radius 1 is 0.976 bits per heavy atom. The predicted molar refractivity (Wildman–Crippen MR) is 145 cm³/mol. The number of nitrogens with zero attached hydrogens (tertiary/aromatic N) is 1. The molecular weight excluding hydrogens is 635 g/mol. The van der Waals surface area contributed by atoms with Gasteiger partial charge in [0.05, 0.1) is 33.8 Å². The van der Waals surface area contributed by atoms with E-state index < -0.39 is 53.6 Å². The first kappa shape index (κ1) is 31.1. The molecule has 1 aromatic heterocycles. The number of aromatic carboxylic acids is 1. The fourth-order valence-corrected chi connectivity index (χ4v) is 5.66. The lowest BCUT2D eigenvalue weighted by atomic mass is 10.0. The molecule has 2 aromatic carbocycles. The largest absolute Gasteiger partial charge is 0.478 e. The Labute approximate surface area is 245 Å². The molecule has 7 nitrogen and oxygen atoms in total. The molecular formula is C25H14F7N3O4S3. The van der Waals surface area contributed by atoms with Crippen LogP contribution in [0.3, 0.4) is 0 Å². The number of alkyl halides is 6. The van der Waals surface area contributed by atoms with Crippen LogP contribution in [0.25, 0.3) is 17.2 Å². The van der Waals surface area contributed by atoms with Gasteiger partial charge in [-0.25, -0.2) is 19.6 Å². The van der Waals surface area contributed by atoms with E-state index in [1.54, 1.807) is 0 Å². The molecule has 3 N–H and O–H groups in total. The molecule has 1 fully saturated rings. The maximum absolute atomic E-state index is 14.1. The number of amides is 2. The highest BCUT2D eigenvalue weighted by Gasteiger charge is 2.37. The van der Waals surface area contributed by atoms with Gasteiger partial charge in [-0.2, -0.15) is 26.3 Å². The molecule has 4 rings (SSSR count). The summed E-state index contributed by atoms with van der Waals surface area (Å²) in [6, 6.07) is 5.40. The summed E-state index contributed by atoms with van der Waals surface area (Å²) in [7, 11) is 0. The molecule has 0 bridgehead atoms. The van der Waals surface area contributed by atoms with Crippen molar-refractivity contribution < 1.29 is 50.2 Å². The zero-order valence-electron chi connectivity index (χ0n) is 20.4. The molecule has 0 atom stereocenters. The Kier molecular flexibility index (Phi) is 8.77. The minimum atomic E-state index is -5.01. The molecule has 1 aliphatic heterocycles. The number of rotatable bonds is 7. The van der Waals surface area contributed by atoms with Gasteiger partial charge in [-0.1, -0.05) is 24.0 Å². The zero-order chi connectivity index (χ0) is 31.0. The average molecular weight is 650 g/mol. The highest BCUT2D eigenvalue weighted by atomic mass is 32.2. The molecule has 0 aliphatic carbocycles. The van der Waals surface area contributed by atoms with Crippen LogP contribution < -0.4 is 10.7 Å². The first-order chi connectivity index (χ1) is 19.5. The SMILES string of the molecule is O=C(CNN1C(=O)/C(=C/c2cc(-c3cc(C(F)(F)F)cc(C(F)(F)F)c3)cs2)SC1=S)Nc1ccc(C(=O)O)cc1F. The minimum absolute atomic E-state index is 0.0134. The number of carboxylic acids is 1. The van der Waals surface area contributed by atoms with Crippen molar-refractivity contribution in [2.75, 3.05) is 11.9 Å². The van der Waals surface area contributed by atoms with Crippen LogP contribution >= 0.6 is 35.3 Å². The summed E-state index contributed by atoms with van der Waals surface area (Å²) in [4.78, 5) is 36.3. The number of benzene rings is 2. The van der Waals surface area contributed by atoms with Gasteiger partial charge in [-0.15, -0.1) is 11.3 Å². The van der Waals surface area contributed by atoms with Crippen molar-refractivity contribution >= 4 is 69.2 Å². The number of carbonyl (C=O) groups excluding carboxylic acids is 2. The molecule has 1 saturated heterocycles. The van der Waals surface area contributed by atoms with Crippen LogP contribution in [-0.2, 0) is 21.9 Å². The van der Waals surface area contributed by atoms with E-state index in [0.29, 0.717) is 17.0 Å². The Morgan fingerprint density at radius 2 is 1.62 bits per heavy atom. The van der Waals surface area contributed by atoms with Crippen molar-refractivity contribution in [3.8, 4) is 11.1 Å². The first-order valence-electron chi connectivity index (χ1n) is 11.3. The molecule has 1 aliphatic rings. The van der Waals surface area contributed by atoms with Gasteiger partial charge < -0.3 is 10.4 Å². The van der Waals surface area contributed by atoms with E-state index in [1.165, 1.54) is 17.5 Å². The molecule has 3 aromatic rings. The average Bonchev–Trinajstić information content (AvgIpc) is 3.46. The monoisotopic (exact) mass is 649 g/mol. The van der Waals surface area contributed by atoms with Crippen LogP contribution in [0.2, 0.25) is 0 Å². The summed E-state index contributed by atoms with van der Waals surface area (Å²) in [5.41, 5.74) is -1.32. The number of thiocarbonyl (C=S) groups is 1. The van der Waals surface area contributed by atoms with E-state index in [0.717, 1.165) is 46.3 Å². The number of hydrazine groups is 1. The zero-order valence-corrected chi connectivity index (χ0v) is 22.8. The number of carbonyl (C=O) groups is 3. The predicted octanol–water partition coefficient (Wildman–Crippen LogP) is 6.63. The Balaban J connectivity index is 1.46. The van der Waals surface area contributed by atoms with E-state index in [4.69, 9.17) is 17.3 Å². The summed E-state index contributed by atoms with van der Waals surface area (Å²) >= 11 is 6.93. The number of hydrogen-bond acceptors (Lipinski definition) is 7. The second-order valence-electron chi connectivity index (χ2n) is 8.43. The molecule has 0 spiro atoms. The number of thiophene rings is 1. The highest BCUT2D eigenvalue weighted by molar-refractivity contribution is 8.26. The van der Waals surface area contributed by atoms with Crippen molar-refractivity contribution in [1.29, 1.82) is 0 Å². The standard InChI is InChI=1S/C25H14F7N3O4S3/c26-17-6-11(22(38)39)1-2-18(17)34-20(36)9-33-35-21(37)19(42-23(35)40)8-16-5-13(10-41-16)12-3-14(24(27,28)29)7-15(4-12)25(30,31)32/h1-8,10,33H,9H2,(H,34,36)(H,38,39)/b19-8-. The van der Waals surface area contributed by atoms with Crippen LogP contribution in [0.4, 0.5) is 36.4 Å². The van der Waals surface area contributed by atoms with E-state index in [1.807, 2.05) is 0 Å². The third kappa shape index (κ3) is 7.15. The number of thioether (sulfide) groups is 1. The van der Waals surface area contributed by atoms with Crippen LogP contribution in [0, 0.1) is 5.82 Å². The second-order valence-corrected chi connectivity index (χ2v) is 11.1. The summed E-state index contributed by atoms with van der Waals surface area (Å²) in [5.74, 6) is -3.84. The number of hydrogen-bond donors (Lipinski definition) is 3. The van der Waals surface area contributed by atoms with Gasteiger partial charge in [0, 0.05) is 4.88 Å². The van der Waals surface area contributed by atoms with Crippen molar-refractivity contribution in [2.24, 2.45) is 0 Å². The first-order valence-corrected chi connectivity index (χ1v) is 13.4. The lowest BCUT2D eigenvalue weighted by molar-refractivity contribution is -0.143. The Bertz CT molecular complexity index is 1600. The van der Waals surface area contributed by atoms with Gasteiger partial charge in [0.25, 0.3) is 5.91 Å². The maximum atomic E-state index is 14.1. The van der Waals surface area contributed by atoms with Crippen molar-refractivity contribution in [3.05, 3.63) is 80.1 Å². The Morgan fingerprint density at radius 3 is 2.19 bits per heavy atom. The van der Waals surface area contributed by atoms with Crippen LogP contribution in [0.15, 0.2) is 52.7 Å². The van der Waals surface area contributed by atoms with Gasteiger partial charge in [0.2, 0.25) is 5.91 Å². The van der Waals surface area contributed by atoms with Gasteiger partial charge in [-0.05, 0) is 65.0 Å². The Hall–Kier alpha value is -3.80. The number of halogens is 7. The molecule has 220 valence electrons. The lowest BCUT2D eigenvalue weighted by Crippen LogP contribution is -2.45. The molecule has 2 heterocycles. The summed E-state index contributed by atoms with van der Waals surface area (Å²) in [5, 5.41) is 13.3. The molecule has 0 unspecified atom stereocenters. The third-order valence-electron chi connectivity index (χ3n) is 5.50. The second kappa shape index (κ2) is 11.8. The van der Waals surface area contributed by atoms with E-state index in [2.05, 4.69) is 10.7 Å². The number of carboxylic acid groups (broad SMARTS) is 1. The number of anilines is 1. The van der Waals surface area contributed by atoms with Crippen LogP contribution in [-0.4, -0.2) is 38.8 Å². The molecule has 42 heavy (non-hydrogen) atoms. The van der Waals surface area contributed by atoms with E-state index in [9.17, 15) is 45.1 Å². The summed E-state index contributed by atoms with van der Waals surface area (Å²) in [6.07, 6.45) is -8.68. The van der Waals surface area contributed by atoms with Crippen molar-refractivity contribution in [2.45, 2.75) is 12.4 Å². The highest BCUT2D eigenvalue weighted by Crippen LogP contribution is 2.40. The smallest absolute Gasteiger partial charge is 0.416 e. The fraction of sp³-hybridized carbons (Fsp3) is 0.120. The topological polar surface area (TPSA) is 98.7 Å². The normalized spacial score (nSPS) is 15.0. The quantitative estimate of drug-likeness (QED) is 0.150. The summed E-state index contributed by atoms with van der Waals surface area (Å²) in [6.45, 7) is -0.542. The maximum Gasteiger partial charge on any atom is 0.416 e. The van der Waals surface area contributed by atoms with Crippen LogP contribution in [0.5, 0.6) is 0 Å². The van der Waals surface area contributed by atoms with Gasteiger partial charge in [0.1, 0.15) is 5.82 Å². The number of nitrogens with one attached hydrogen (secondary N) is 2. The molecule has 2 amide bonds. The molecule has 0 radical (unpaired) electrons. The minimum Gasteiger partial charge on any atom is -0.478 e.